The zero-order valence-corrected chi connectivity index (χ0v) is 10.4. The number of ether oxygens (including phenoxy) is 1. The van der Waals surface area contributed by atoms with Crippen molar-refractivity contribution in [3.63, 3.8) is 0 Å². The second kappa shape index (κ2) is 6.16. The smallest absolute Gasteiger partial charge is 0.255 e. The standard InChI is InChI=1S/C13H17N3O2/c1-18-12-9-15-7-4-11(12)13(17)16-8-10-2-5-14-6-3-10/h2,4,7,9,14H,3,5-6,8H2,1H3,(H,16,17). The zero-order chi connectivity index (χ0) is 12.8. The number of carbonyl (C=O) groups is 1. The third kappa shape index (κ3) is 3.07. The van der Waals surface area contributed by atoms with E-state index in [1.54, 1.807) is 18.5 Å². The number of rotatable bonds is 4. The molecular formula is C13H17N3O2. The van der Waals surface area contributed by atoms with Crippen molar-refractivity contribution in [1.29, 1.82) is 0 Å². The number of hydrogen-bond acceptors (Lipinski definition) is 4. The van der Waals surface area contributed by atoms with E-state index in [0.717, 1.165) is 19.5 Å². The quantitative estimate of drug-likeness (QED) is 0.770. The summed E-state index contributed by atoms with van der Waals surface area (Å²) in [5, 5.41) is 6.14. The molecule has 2 rings (SSSR count). The SMILES string of the molecule is COc1cnccc1C(=O)NCC1=CCNCC1. The zero-order valence-electron chi connectivity index (χ0n) is 10.4. The maximum absolute atomic E-state index is 12.0. The van der Waals surface area contributed by atoms with Gasteiger partial charge >= 0.3 is 0 Å². The van der Waals surface area contributed by atoms with Crippen LogP contribution in [0.5, 0.6) is 5.75 Å². The minimum atomic E-state index is -0.131. The number of aromatic nitrogens is 1. The molecule has 5 nitrogen and oxygen atoms in total. The molecule has 1 amide bonds. The van der Waals surface area contributed by atoms with E-state index in [0.29, 0.717) is 17.9 Å². The Morgan fingerprint density at radius 1 is 1.61 bits per heavy atom. The summed E-state index contributed by atoms with van der Waals surface area (Å²) >= 11 is 0. The van der Waals surface area contributed by atoms with Crippen molar-refractivity contribution in [3.05, 3.63) is 35.7 Å². The fraction of sp³-hybridized carbons (Fsp3) is 0.385. The highest BCUT2D eigenvalue weighted by Gasteiger charge is 2.12. The number of hydrogen-bond donors (Lipinski definition) is 2. The van der Waals surface area contributed by atoms with Crippen LogP contribution in [0.15, 0.2) is 30.1 Å². The highest BCUT2D eigenvalue weighted by molar-refractivity contribution is 5.96. The lowest BCUT2D eigenvalue weighted by atomic mass is 10.1. The summed E-state index contributed by atoms with van der Waals surface area (Å²) in [5.74, 6) is 0.364. The van der Waals surface area contributed by atoms with Gasteiger partial charge in [-0.25, -0.2) is 0 Å². The van der Waals surface area contributed by atoms with Crippen LogP contribution in [0.2, 0.25) is 0 Å². The molecule has 1 aromatic rings. The lowest BCUT2D eigenvalue weighted by molar-refractivity contribution is 0.0953. The van der Waals surface area contributed by atoms with Crippen LogP contribution in [-0.4, -0.2) is 37.6 Å². The van der Waals surface area contributed by atoms with Gasteiger partial charge in [0.25, 0.3) is 5.91 Å². The Bertz CT molecular complexity index is 457. The van der Waals surface area contributed by atoms with Gasteiger partial charge < -0.3 is 15.4 Å². The molecule has 2 heterocycles. The molecule has 0 saturated heterocycles. The summed E-state index contributed by atoms with van der Waals surface area (Å²) in [6.45, 7) is 2.44. The molecule has 0 aromatic carbocycles. The van der Waals surface area contributed by atoms with Crippen LogP contribution in [0.25, 0.3) is 0 Å². The minimum absolute atomic E-state index is 0.131. The monoisotopic (exact) mass is 247 g/mol. The van der Waals surface area contributed by atoms with Gasteiger partial charge in [0.15, 0.2) is 0 Å². The maximum Gasteiger partial charge on any atom is 0.255 e. The highest BCUT2D eigenvalue weighted by atomic mass is 16.5. The van der Waals surface area contributed by atoms with Crippen LogP contribution in [-0.2, 0) is 0 Å². The molecule has 0 bridgehead atoms. The van der Waals surface area contributed by atoms with E-state index in [1.165, 1.54) is 12.7 Å². The van der Waals surface area contributed by atoms with Gasteiger partial charge in [-0.1, -0.05) is 11.6 Å². The van der Waals surface area contributed by atoms with Crippen molar-refractivity contribution in [2.24, 2.45) is 0 Å². The predicted molar refractivity (Wildman–Crippen MR) is 68.7 cm³/mol. The normalized spacial score (nSPS) is 14.8. The van der Waals surface area contributed by atoms with Gasteiger partial charge in [0.2, 0.25) is 0 Å². The van der Waals surface area contributed by atoms with Crippen molar-refractivity contribution in [2.75, 3.05) is 26.7 Å². The number of amides is 1. The predicted octanol–water partition coefficient (Wildman–Crippen LogP) is 0.740. The molecule has 0 atom stereocenters. The summed E-state index contributed by atoms with van der Waals surface area (Å²) in [6.07, 6.45) is 6.22. The molecule has 0 saturated carbocycles. The first-order chi connectivity index (χ1) is 8.81. The summed E-state index contributed by atoms with van der Waals surface area (Å²) in [7, 11) is 1.53. The average Bonchev–Trinajstić information content (AvgIpc) is 2.45. The van der Waals surface area contributed by atoms with E-state index in [4.69, 9.17) is 4.74 Å². The number of carbonyl (C=O) groups excluding carboxylic acids is 1. The lowest BCUT2D eigenvalue weighted by Gasteiger charge is -2.15. The molecule has 96 valence electrons. The molecule has 0 fully saturated rings. The highest BCUT2D eigenvalue weighted by Crippen LogP contribution is 2.15. The average molecular weight is 247 g/mol. The first-order valence-electron chi connectivity index (χ1n) is 5.96. The van der Waals surface area contributed by atoms with E-state index < -0.39 is 0 Å². The van der Waals surface area contributed by atoms with Crippen LogP contribution < -0.4 is 15.4 Å². The summed E-state index contributed by atoms with van der Waals surface area (Å²) < 4.78 is 5.11. The molecule has 0 unspecified atom stereocenters. The summed E-state index contributed by atoms with van der Waals surface area (Å²) in [5.41, 5.74) is 1.78. The number of pyridine rings is 1. The molecule has 18 heavy (non-hydrogen) atoms. The van der Waals surface area contributed by atoms with Crippen LogP contribution in [0, 0.1) is 0 Å². The second-order valence-electron chi connectivity index (χ2n) is 4.08. The van der Waals surface area contributed by atoms with Crippen LogP contribution in [0.4, 0.5) is 0 Å². The fourth-order valence-electron chi connectivity index (χ4n) is 1.85. The van der Waals surface area contributed by atoms with Gasteiger partial charge in [-0.2, -0.15) is 0 Å². The molecule has 1 aromatic heterocycles. The van der Waals surface area contributed by atoms with Gasteiger partial charge in [-0.05, 0) is 19.0 Å². The van der Waals surface area contributed by atoms with E-state index >= 15 is 0 Å². The number of nitrogens with zero attached hydrogens (tertiary/aromatic N) is 1. The van der Waals surface area contributed by atoms with E-state index in [-0.39, 0.29) is 5.91 Å². The number of nitrogens with one attached hydrogen (secondary N) is 2. The molecule has 2 N–H and O–H groups in total. The first kappa shape index (κ1) is 12.6. The summed E-state index contributed by atoms with van der Waals surface area (Å²) in [4.78, 5) is 15.9. The van der Waals surface area contributed by atoms with Crippen molar-refractivity contribution < 1.29 is 9.53 Å². The largest absolute Gasteiger partial charge is 0.494 e. The molecule has 0 aliphatic carbocycles. The summed E-state index contributed by atoms with van der Waals surface area (Å²) in [6, 6.07) is 1.66. The van der Waals surface area contributed by atoms with Crippen LogP contribution in [0.3, 0.4) is 0 Å². The molecule has 0 spiro atoms. The van der Waals surface area contributed by atoms with Gasteiger partial charge in [0.05, 0.1) is 18.9 Å². The fourth-order valence-corrected chi connectivity index (χ4v) is 1.85. The Labute approximate surface area is 106 Å². The molecular weight excluding hydrogens is 230 g/mol. The minimum Gasteiger partial charge on any atom is -0.494 e. The molecule has 1 aliphatic rings. The van der Waals surface area contributed by atoms with Crippen LogP contribution in [0.1, 0.15) is 16.8 Å². The van der Waals surface area contributed by atoms with E-state index in [2.05, 4.69) is 21.7 Å². The Hall–Kier alpha value is -1.88. The van der Waals surface area contributed by atoms with Gasteiger partial charge in [0, 0.05) is 19.3 Å². The van der Waals surface area contributed by atoms with Gasteiger partial charge in [0.1, 0.15) is 5.75 Å². The van der Waals surface area contributed by atoms with Crippen molar-refractivity contribution >= 4 is 5.91 Å². The third-order valence-electron chi connectivity index (χ3n) is 2.88. The molecule has 5 heteroatoms. The lowest BCUT2D eigenvalue weighted by Crippen LogP contribution is -2.29. The first-order valence-corrected chi connectivity index (χ1v) is 5.96. The topological polar surface area (TPSA) is 63.2 Å². The van der Waals surface area contributed by atoms with Gasteiger partial charge in [-0.3, -0.25) is 9.78 Å². The Kier molecular flexibility index (Phi) is 4.30. The maximum atomic E-state index is 12.0. The van der Waals surface area contributed by atoms with Crippen LogP contribution >= 0.6 is 0 Å². The Balaban J connectivity index is 1.97. The Morgan fingerprint density at radius 2 is 2.50 bits per heavy atom. The van der Waals surface area contributed by atoms with E-state index in [1.807, 2.05) is 0 Å². The van der Waals surface area contributed by atoms with Crippen molar-refractivity contribution in [1.82, 2.24) is 15.6 Å². The van der Waals surface area contributed by atoms with Gasteiger partial charge in [-0.15, -0.1) is 0 Å². The Morgan fingerprint density at radius 3 is 3.22 bits per heavy atom. The third-order valence-corrected chi connectivity index (χ3v) is 2.88. The molecule has 0 radical (unpaired) electrons. The molecule has 1 aliphatic heterocycles. The van der Waals surface area contributed by atoms with Crippen molar-refractivity contribution in [2.45, 2.75) is 6.42 Å². The van der Waals surface area contributed by atoms with Crippen molar-refractivity contribution in [3.8, 4) is 5.75 Å². The number of methoxy groups -OCH3 is 1. The second-order valence-corrected chi connectivity index (χ2v) is 4.08. The van der Waals surface area contributed by atoms with E-state index in [9.17, 15) is 4.79 Å².